The molecule has 0 amide bonds. The fourth-order valence-corrected chi connectivity index (χ4v) is 9.62. The number of carbonyl (C=O) groups excluding carboxylic acids is 2. The van der Waals surface area contributed by atoms with E-state index < -0.39 is 17.1 Å². The lowest BCUT2D eigenvalue weighted by Crippen LogP contribution is -2.66. The summed E-state index contributed by atoms with van der Waals surface area (Å²) in [6.45, 7) is 8.30. The molecule has 4 fully saturated rings. The summed E-state index contributed by atoms with van der Waals surface area (Å²) < 4.78 is 12.1. The average Bonchev–Trinajstić information content (AvgIpc) is 3.44. The number of allylic oxidation sites excluding steroid dienone is 1. The topological polar surface area (TPSA) is 96.4 Å². The molecule has 6 nitrogen and oxygen atoms in total. The van der Waals surface area contributed by atoms with Gasteiger partial charge in [0.1, 0.15) is 17.8 Å². The number of rotatable bonds is 3. The van der Waals surface area contributed by atoms with Crippen molar-refractivity contribution in [2.24, 2.45) is 40.4 Å². The molecule has 2 N–H and O–H groups in total. The molecule has 6 heteroatoms. The molecule has 1 spiro atoms. The van der Waals surface area contributed by atoms with Gasteiger partial charge in [-0.2, -0.15) is 0 Å². The Morgan fingerprint density at radius 1 is 1.18 bits per heavy atom. The number of hydrogen-bond acceptors (Lipinski definition) is 6. The molecule has 0 aromatic heterocycles. The van der Waals surface area contributed by atoms with Crippen LogP contribution in [0.15, 0.2) is 23.3 Å². The molecule has 0 aromatic carbocycles. The number of fused-ring (bicyclic) bond motifs is 4. The Labute approximate surface area is 201 Å². The van der Waals surface area contributed by atoms with E-state index in [0.29, 0.717) is 17.8 Å². The molecule has 0 radical (unpaired) electrons. The normalized spacial score (nSPS) is 52.4. The number of hydrogen-bond donors (Lipinski definition) is 2. The van der Waals surface area contributed by atoms with Crippen molar-refractivity contribution < 1.29 is 29.3 Å². The molecule has 34 heavy (non-hydrogen) atoms. The van der Waals surface area contributed by atoms with Crippen molar-refractivity contribution in [3.05, 3.63) is 23.3 Å². The van der Waals surface area contributed by atoms with Crippen LogP contribution < -0.4 is 0 Å². The van der Waals surface area contributed by atoms with Gasteiger partial charge in [0.05, 0.1) is 18.1 Å². The zero-order chi connectivity index (χ0) is 24.2. The predicted octanol–water partition coefficient (Wildman–Crippen LogP) is 3.35. The summed E-state index contributed by atoms with van der Waals surface area (Å²) in [5.41, 5.74) is 0.0224. The highest BCUT2D eigenvalue weighted by atomic mass is 16.6. The van der Waals surface area contributed by atoms with Gasteiger partial charge in [-0.05, 0) is 93.1 Å². The van der Waals surface area contributed by atoms with Crippen molar-refractivity contribution >= 4 is 11.8 Å². The summed E-state index contributed by atoms with van der Waals surface area (Å²) >= 11 is 0. The maximum atomic E-state index is 13.4. The monoisotopic (exact) mass is 470 g/mol. The summed E-state index contributed by atoms with van der Waals surface area (Å²) in [7, 11) is 0. The predicted molar refractivity (Wildman–Crippen MR) is 124 cm³/mol. The largest absolute Gasteiger partial charge is 0.458 e. The van der Waals surface area contributed by atoms with E-state index in [1.165, 1.54) is 6.08 Å². The molecule has 0 bridgehead atoms. The van der Waals surface area contributed by atoms with Crippen LogP contribution in [0, 0.1) is 40.4 Å². The minimum Gasteiger partial charge on any atom is -0.458 e. The minimum atomic E-state index is -1.03. The minimum absolute atomic E-state index is 0.0239. The summed E-state index contributed by atoms with van der Waals surface area (Å²) in [5, 5.41) is 21.5. The molecule has 186 valence electrons. The number of aliphatic hydroxyl groups is 2. The average molecular weight is 471 g/mol. The third-order valence-electron chi connectivity index (χ3n) is 11.6. The first-order chi connectivity index (χ1) is 16.1. The third-order valence-corrected chi connectivity index (χ3v) is 11.6. The van der Waals surface area contributed by atoms with Crippen LogP contribution >= 0.6 is 0 Å². The quantitative estimate of drug-likeness (QED) is 0.485. The van der Waals surface area contributed by atoms with E-state index in [9.17, 15) is 19.8 Å². The van der Waals surface area contributed by atoms with Gasteiger partial charge < -0.3 is 19.7 Å². The van der Waals surface area contributed by atoms with E-state index in [4.69, 9.17) is 9.47 Å². The number of esters is 1. The highest BCUT2D eigenvalue weighted by Gasteiger charge is 2.81. The second kappa shape index (κ2) is 7.27. The van der Waals surface area contributed by atoms with E-state index in [2.05, 4.69) is 13.8 Å². The molecule has 0 aromatic rings. The first-order valence-electron chi connectivity index (χ1n) is 13.2. The Balaban J connectivity index is 1.30. The SMILES string of the molecule is CC1=C(C)C(=O)O[C@@H]([C@@H](C)[C@H]2CC[C@H]3[C@@H]4C[C@H]5O[C@]56[C@@H](O)C=CC(=O)[C@]6(CO)[C@H]4CC[C@]23C)C1. The number of carbonyl (C=O) groups is 2. The fourth-order valence-electron chi connectivity index (χ4n) is 9.62. The van der Waals surface area contributed by atoms with Crippen LogP contribution in [0.3, 0.4) is 0 Å². The first kappa shape index (κ1) is 22.9. The molecule has 6 aliphatic rings. The van der Waals surface area contributed by atoms with Gasteiger partial charge in [0, 0.05) is 12.0 Å². The Morgan fingerprint density at radius 3 is 2.65 bits per heavy atom. The van der Waals surface area contributed by atoms with Crippen molar-refractivity contribution in [1.82, 2.24) is 0 Å². The van der Waals surface area contributed by atoms with E-state index in [1.807, 2.05) is 13.8 Å². The molecule has 2 aliphatic heterocycles. The molecule has 2 heterocycles. The lowest BCUT2D eigenvalue weighted by Gasteiger charge is -2.58. The number of aliphatic hydroxyl groups excluding tert-OH is 2. The van der Waals surface area contributed by atoms with Gasteiger partial charge in [-0.15, -0.1) is 0 Å². The van der Waals surface area contributed by atoms with E-state index in [0.717, 1.165) is 49.7 Å². The summed E-state index contributed by atoms with van der Waals surface area (Å²) in [6.07, 6.45) is 7.65. The van der Waals surface area contributed by atoms with Crippen molar-refractivity contribution in [2.45, 2.75) is 90.1 Å². The van der Waals surface area contributed by atoms with Gasteiger partial charge in [0.2, 0.25) is 0 Å². The van der Waals surface area contributed by atoms with Crippen molar-refractivity contribution in [2.75, 3.05) is 6.61 Å². The third kappa shape index (κ3) is 2.58. The lowest BCUT2D eigenvalue weighted by atomic mass is 9.44. The standard InChI is InChI=1S/C28H38O6/c1-14-11-21(33-25(32)15(14)2)16(3)18-5-6-19-17-12-24-28(34-24)23(31)8-7-22(30)27(28,13-29)20(17)9-10-26(18,19)4/h7-8,16-21,23-24,29,31H,5-6,9-13H2,1-4H3/t16-,17-,18+,19-,20-,21+,23-,24+,26+,27-,28+/m0/s1. The molecular formula is C28H38O6. The van der Waals surface area contributed by atoms with Crippen LogP contribution in [0.25, 0.3) is 0 Å². The molecule has 0 unspecified atom stereocenters. The van der Waals surface area contributed by atoms with Gasteiger partial charge >= 0.3 is 5.97 Å². The number of epoxide rings is 1. The van der Waals surface area contributed by atoms with Gasteiger partial charge in [0.15, 0.2) is 5.78 Å². The Hall–Kier alpha value is -1.50. The molecule has 3 saturated carbocycles. The van der Waals surface area contributed by atoms with Gasteiger partial charge in [0.25, 0.3) is 0 Å². The van der Waals surface area contributed by atoms with E-state index in [-0.39, 0.29) is 47.8 Å². The zero-order valence-corrected chi connectivity index (χ0v) is 20.8. The van der Waals surface area contributed by atoms with Crippen LogP contribution in [0.5, 0.6) is 0 Å². The summed E-state index contributed by atoms with van der Waals surface area (Å²) in [6, 6.07) is 0. The summed E-state index contributed by atoms with van der Waals surface area (Å²) in [5.74, 6) is 1.23. The first-order valence-corrected chi connectivity index (χ1v) is 13.2. The highest BCUT2D eigenvalue weighted by molar-refractivity contribution is 5.98. The lowest BCUT2D eigenvalue weighted by molar-refractivity contribution is -0.164. The van der Waals surface area contributed by atoms with E-state index >= 15 is 0 Å². The second-order valence-electron chi connectivity index (χ2n) is 12.5. The van der Waals surface area contributed by atoms with Crippen molar-refractivity contribution in [3.63, 3.8) is 0 Å². The fraction of sp³-hybridized carbons (Fsp3) is 0.786. The zero-order valence-electron chi connectivity index (χ0n) is 20.8. The van der Waals surface area contributed by atoms with Crippen LogP contribution in [0.2, 0.25) is 0 Å². The Morgan fingerprint density at radius 2 is 1.94 bits per heavy atom. The van der Waals surface area contributed by atoms with Crippen LogP contribution in [0.1, 0.15) is 66.2 Å². The molecule has 1 saturated heterocycles. The number of ether oxygens (including phenoxy) is 2. The second-order valence-corrected chi connectivity index (χ2v) is 12.5. The Bertz CT molecular complexity index is 999. The summed E-state index contributed by atoms with van der Waals surface area (Å²) in [4.78, 5) is 25.8. The smallest absolute Gasteiger partial charge is 0.333 e. The van der Waals surface area contributed by atoms with Crippen molar-refractivity contribution in [3.8, 4) is 0 Å². The molecule has 4 aliphatic carbocycles. The van der Waals surface area contributed by atoms with Crippen LogP contribution in [-0.2, 0) is 19.1 Å². The molecule has 11 atom stereocenters. The van der Waals surface area contributed by atoms with Crippen LogP contribution in [0.4, 0.5) is 0 Å². The number of cyclic esters (lactones) is 1. The maximum absolute atomic E-state index is 13.4. The van der Waals surface area contributed by atoms with E-state index in [1.54, 1.807) is 6.08 Å². The van der Waals surface area contributed by atoms with Gasteiger partial charge in [-0.25, -0.2) is 4.79 Å². The molecule has 6 rings (SSSR count). The maximum Gasteiger partial charge on any atom is 0.333 e. The Kier molecular flexibility index (Phi) is 4.90. The van der Waals surface area contributed by atoms with Crippen molar-refractivity contribution in [1.29, 1.82) is 0 Å². The highest BCUT2D eigenvalue weighted by Crippen LogP contribution is 2.73. The molecular weight excluding hydrogens is 432 g/mol. The number of ketones is 1. The van der Waals surface area contributed by atoms with Crippen LogP contribution in [-0.4, -0.2) is 52.5 Å². The van der Waals surface area contributed by atoms with Gasteiger partial charge in [-0.1, -0.05) is 19.4 Å². The van der Waals surface area contributed by atoms with Gasteiger partial charge in [-0.3, -0.25) is 4.79 Å².